The third-order valence-electron chi connectivity index (χ3n) is 4.79. The first-order chi connectivity index (χ1) is 17.7. The van der Waals surface area contributed by atoms with E-state index in [9.17, 15) is 39.6 Å². The minimum absolute atomic E-state index is 0.0280. The summed E-state index contributed by atoms with van der Waals surface area (Å²) >= 11 is 0. The van der Waals surface area contributed by atoms with Crippen molar-refractivity contribution >= 4 is 27.3 Å². The first-order valence-electron chi connectivity index (χ1n) is 10.8. The molecule has 204 valence electrons. The van der Waals surface area contributed by atoms with Crippen LogP contribution in [0.4, 0.5) is 37.7 Å². The van der Waals surface area contributed by atoms with Gasteiger partial charge in [0.15, 0.2) is 6.61 Å². The van der Waals surface area contributed by atoms with Gasteiger partial charge in [-0.3, -0.25) is 9.52 Å². The molecule has 2 N–H and O–H groups in total. The molecule has 0 aromatic heterocycles. The SMILES string of the molecule is CCOc1ccc(NS(=O)(=O)c2ccc(OCC(=O)Nc3cc(C(F)(F)F)cc(C(F)(F)F)c3)cc2)cc1. The second-order valence-electron chi connectivity index (χ2n) is 7.67. The van der Waals surface area contributed by atoms with Crippen LogP contribution in [-0.2, 0) is 27.2 Å². The lowest BCUT2D eigenvalue weighted by Gasteiger charge is -2.15. The van der Waals surface area contributed by atoms with Crippen molar-refractivity contribution < 1.29 is 49.0 Å². The second kappa shape index (κ2) is 11.2. The Morgan fingerprint density at radius 3 is 1.76 bits per heavy atom. The van der Waals surface area contributed by atoms with Gasteiger partial charge in [0, 0.05) is 11.4 Å². The van der Waals surface area contributed by atoms with Crippen molar-refractivity contribution in [1.29, 1.82) is 0 Å². The van der Waals surface area contributed by atoms with Gasteiger partial charge in [-0.05, 0) is 73.7 Å². The van der Waals surface area contributed by atoms with Gasteiger partial charge in [-0.15, -0.1) is 0 Å². The fourth-order valence-electron chi connectivity index (χ4n) is 3.09. The molecule has 14 heteroatoms. The number of rotatable bonds is 9. The number of anilines is 2. The highest BCUT2D eigenvalue weighted by molar-refractivity contribution is 7.92. The minimum Gasteiger partial charge on any atom is -0.494 e. The number of ether oxygens (including phenoxy) is 2. The fraction of sp³-hybridized carbons (Fsp3) is 0.208. The maximum Gasteiger partial charge on any atom is 0.416 e. The van der Waals surface area contributed by atoms with Crippen LogP contribution in [0.3, 0.4) is 0 Å². The molecule has 0 spiro atoms. The molecular formula is C24H20F6N2O5S. The molecule has 3 aromatic carbocycles. The molecule has 0 atom stereocenters. The predicted octanol–water partition coefficient (Wildman–Crippen LogP) is 5.94. The van der Waals surface area contributed by atoms with E-state index in [0.29, 0.717) is 24.5 Å². The van der Waals surface area contributed by atoms with Crippen molar-refractivity contribution in [3.05, 3.63) is 77.9 Å². The lowest BCUT2D eigenvalue weighted by atomic mass is 10.1. The van der Waals surface area contributed by atoms with Crippen LogP contribution in [0.5, 0.6) is 11.5 Å². The van der Waals surface area contributed by atoms with Gasteiger partial charge in [-0.1, -0.05) is 0 Å². The van der Waals surface area contributed by atoms with Crippen molar-refractivity contribution in [2.24, 2.45) is 0 Å². The maximum atomic E-state index is 13.0. The molecular weight excluding hydrogens is 542 g/mol. The Hall–Kier alpha value is -3.94. The number of carbonyl (C=O) groups is 1. The summed E-state index contributed by atoms with van der Waals surface area (Å²) in [6, 6.07) is 11.7. The number of amides is 1. The Bertz CT molecular complexity index is 1340. The van der Waals surface area contributed by atoms with Crippen molar-refractivity contribution in [1.82, 2.24) is 0 Å². The van der Waals surface area contributed by atoms with Gasteiger partial charge in [-0.2, -0.15) is 26.3 Å². The second-order valence-corrected chi connectivity index (χ2v) is 9.35. The average molecular weight is 562 g/mol. The van der Waals surface area contributed by atoms with Crippen LogP contribution in [-0.4, -0.2) is 27.5 Å². The van der Waals surface area contributed by atoms with Crippen molar-refractivity contribution in [3.63, 3.8) is 0 Å². The van der Waals surface area contributed by atoms with Gasteiger partial charge in [0.25, 0.3) is 15.9 Å². The third kappa shape index (κ3) is 7.78. The Morgan fingerprint density at radius 1 is 0.763 bits per heavy atom. The highest BCUT2D eigenvalue weighted by Crippen LogP contribution is 2.37. The zero-order valence-electron chi connectivity index (χ0n) is 19.5. The van der Waals surface area contributed by atoms with E-state index in [-0.39, 0.29) is 22.4 Å². The molecule has 0 fully saturated rings. The number of hydrogen-bond donors (Lipinski definition) is 2. The average Bonchev–Trinajstić information content (AvgIpc) is 2.83. The Labute approximate surface area is 213 Å². The van der Waals surface area contributed by atoms with Gasteiger partial charge in [0.2, 0.25) is 0 Å². The molecule has 0 saturated heterocycles. The van der Waals surface area contributed by atoms with E-state index < -0.39 is 51.7 Å². The largest absolute Gasteiger partial charge is 0.494 e. The van der Waals surface area contributed by atoms with Crippen LogP contribution in [0.15, 0.2) is 71.6 Å². The van der Waals surface area contributed by atoms with E-state index in [1.54, 1.807) is 19.1 Å². The summed E-state index contributed by atoms with van der Waals surface area (Å²) in [4.78, 5) is 12.0. The smallest absolute Gasteiger partial charge is 0.416 e. The monoisotopic (exact) mass is 562 g/mol. The summed E-state index contributed by atoms with van der Waals surface area (Å²) in [6.07, 6.45) is -10.1. The van der Waals surface area contributed by atoms with Crippen molar-refractivity contribution in [2.45, 2.75) is 24.2 Å². The first-order valence-corrected chi connectivity index (χ1v) is 12.2. The van der Waals surface area contributed by atoms with E-state index in [1.165, 1.54) is 36.4 Å². The number of alkyl halides is 6. The molecule has 0 aliphatic rings. The summed E-state index contributed by atoms with van der Waals surface area (Å²) in [5.41, 5.74) is -3.60. The van der Waals surface area contributed by atoms with Gasteiger partial charge in [0.1, 0.15) is 11.5 Å². The topological polar surface area (TPSA) is 93.7 Å². The number of halogens is 6. The molecule has 0 radical (unpaired) electrons. The molecule has 38 heavy (non-hydrogen) atoms. The molecule has 0 bridgehead atoms. The van der Waals surface area contributed by atoms with Crippen LogP contribution in [0.2, 0.25) is 0 Å². The van der Waals surface area contributed by atoms with Gasteiger partial charge in [0.05, 0.1) is 22.6 Å². The summed E-state index contributed by atoms with van der Waals surface area (Å²) in [5, 5.41) is 1.93. The molecule has 1 amide bonds. The van der Waals surface area contributed by atoms with E-state index in [2.05, 4.69) is 4.72 Å². The maximum absolute atomic E-state index is 13.0. The van der Waals surface area contributed by atoms with E-state index >= 15 is 0 Å². The highest BCUT2D eigenvalue weighted by Gasteiger charge is 2.37. The number of sulfonamides is 1. The lowest BCUT2D eigenvalue weighted by Crippen LogP contribution is -2.21. The Kier molecular flexibility index (Phi) is 8.44. The quantitative estimate of drug-likeness (QED) is 0.315. The van der Waals surface area contributed by atoms with Gasteiger partial charge < -0.3 is 14.8 Å². The normalized spacial score (nSPS) is 12.1. The number of nitrogens with one attached hydrogen (secondary N) is 2. The van der Waals surface area contributed by atoms with Gasteiger partial charge in [-0.25, -0.2) is 8.42 Å². The molecule has 0 heterocycles. The van der Waals surface area contributed by atoms with Crippen molar-refractivity contribution in [3.8, 4) is 11.5 Å². The van der Waals surface area contributed by atoms with Crippen LogP contribution >= 0.6 is 0 Å². The molecule has 0 saturated carbocycles. The molecule has 3 aromatic rings. The molecule has 0 unspecified atom stereocenters. The summed E-state index contributed by atoms with van der Waals surface area (Å²) in [6.45, 7) is 1.49. The fourth-order valence-corrected chi connectivity index (χ4v) is 4.15. The Morgan fingerprint density at radius 2 is 1.26 bits per heavy atom. The molecule has 7 nitrogen and oxygen atoms in total. The van der Waals surface area contributed by atoms with Crippen LogP contribution in [0, 0.1) is 0 Å². The molecule has 3 rings (SSSR count). The summed E-state index contributed by atoms with van der Waals surface area (Å²) in [5.74, 6) is -0.443. The zero-order chi connectivity index (χ0) is 28.1. The van der Waals surface area contributed by atoms with E-state index in [4.69, 9.17) is 9.47 Å². The first kappa shape index (κ1) is 28.6. The minimum atomic E-state index is -5.07. The number of carbonyl (C=O) groups excluding carboxylic acids is 1. The zero-order valence-corrected chi connectivity index (χ0v) is 20.3. The predicted molar refractivity (Wildman–Crippen MR) is 125 cm³/mol. The third-order valence-corrected chi connectivity index (χ3v) is 6.19. The highest BCUT2D eigenvalue weighted by atomic mass is 32.2. The van der Waals surface area contributed by atoms with Crippen molar-refractivity contribution in [2.75, 3.05) is 23.3 Å². The van der Waals surface area contributed by atoms with Crippen LogP contribution < -0.4 is 19.5 Å². The van der Waals surface area contributed by atoms with Crippen LogP contribution in [0.25, 0.3) is 0 Å². The summed E-state index contributed by atoms with van der Waals surface area (Å²) in [7, 11) is -3.97. The summed E-state index contributed by atoms with van der Waals surface area (Å²) < 4.78 is 116. The molecule has 0 aliphatic heterocycles. The number of benzene rings is 3. The van der Waals surface area contributed by atoms with E-state index in [0.717, 1.165) is 0 Å². The standard InChI is InChI=1S/C24H20F6N2O5S/c1-2-36-19-5-3-17(4-6-19)32-38(34,35)21-9-7-20(8-10-21)37-14-22(33)31-18-12-15(23(25,26)27)11-16(13-18)24(28,29)30/h3-13,32H,2,14H2,1H3,(H,31,33). The lowest BCUT2D eigenvalue weighted by molar-refractivity contribution is -0.143. The molecule has 0 aliphatic carbocycles. The van der Waals surface area contributed by atoms with Gasteiger partial charge >= 0.3 is 12.4 Å². The number of hydrogen-bond acceptors (Lipinski definition) is 5. The van der Waals surface area contributed by atoms with E-state index in [1.807, 2.05) is 5.32 Å². The Balaban J connectivity index is 1.63. The van der Waals surface area contributed by atoms with Crippen LogP contribution in [0.1, 0.15) is 18.1 Å².